The Morgan fingerprint density at radius 2 is 2.11 bits per heavy atom. The number of nitrogens with zero attached hydrogens (tertiary/aromatic N) is 2. The Bertz CT molecular complexity index is 1010. The van der Waals surface area contributed by atoms with Gasteiger partial charge < -0.3 is 9.47 Å². The number of amides is 1. The molecular formula is C21H17ClN2O3S. The highest BCUT2D eigenvalue weighted by molar-refractivity contribution is 8.18. The first-order valence-electron chi connectivity index (χ1n) is 8.28. The number of benzene rings is 2. The van der Waals surface area contributed by atoms with Gasteiger partial charge in [-0.3, -0.25) is 9.69 Å². The van der Waals surface area contributed by atoms with Crippen molar-refractivity contribution in [2.45, 2.75) is 0 Å². The smallest absolute Gasteiger partial charge is 0.266 e. The maximum atomic E-state index is 12.7. The number of ether oxygens (including phenoxy) is 2. The number of aliphatic imine (C=N–C) groups is 1. The van der Waals surface area contributed by atoms with Crippen LogP contribution in [0.15, 0.2) is 52.4 Å². The molecule has 2 aromatic carbocycles. The third-order valence-electron chi connectivity index (χ3n) is 3.85. The van der Waals surface area contributed by atoms with Gasteiger partial charge in [-0.1, -0.05) is 35.7 Å². The van der Waals surface area contributed by atoms with Crippen molar-refractivity contribution >= 4 is 46.2 Å². The van der Waals surface area contributed by atoms with Crippen LogP contribution in [0.4, 0.5) is 5.69 Å². The van der Waals surface area contributed by atoms with Gasteiger partial charge in [0.15, 0.2) is 16.7 Å². The van der Waals surface area contributed by atoms with Gasteiger partial charge >= 0.3 is 0 Å². The summed E-state index contributed by atoms with van der Waals surface area (Å²) in [4.78, 5) is 19.2. The molecule has 0 aliphatic carbocycles. The number of halogens is 1. The summed E-state index contributed by atoms with van der Waals surface area (Å²) in [7, 11) is 3.23. The zero-order chi connectivity index (χ0) is 20.1. The van der Waals surface area contributed by atoms with Crippen molar-refractivity contribution in [3.63, 3.8) is 0 Å². The molecule has 5 nitrogen and oxygen atoms in total. The molecule has 7 heteroatoms. The highest BCUT2D eigenvalue weighted by atomic mass is 35.5. The first kappa shape index (κ1) is 19.9. The molecule has 0 N–H and O–H groups in total. The Labute approximate surface area is 173 Å². The summed E-state index contributed by atoms with van der Waals surface area (Å²) >= 11 is 7.29. The molecule has 0 spiro atoms. The molecule has 0 bridgehead atoms. The van der Waals surface area contributed by atoms with Gasteiger partial charge in [0.1, 0.15) is 6.61 Å². The predicted molar refractivity (Wildman–Crippen MR) is 114 cm³/mol. The zero-order valence-corrected chi connectivity index (χ0v) is 16.9. The maximum Gasteiger partial charge on any atom is 0.266 e. The van der Waals surface area contributed by atoms with Crippen LogP contribution in [-0.2, 0) is 4.79 Å². The van der Waals surface area contributed by atoms with Gasteiger partial charge in [0.25, 0.3) is 5.91 Å². The fourth-order valence-corrected chi connectivity index (χ4v) is 3.69. The van der Waals surface area contributed by atoms with E-state index in [0.29, 0.717) is 37.8 Å². The van der Waals surface area contributed by atoms with Crippen molar-refractivity contribution in [3.05, 3.63) is 58.0 Å². The summed E-state index contributed by atoms with van der Waals surface area (Å²) in [5.74, 6) is 3.31. The zero-order valence-electron chi connectivity index (χ0n) is 15.3. The van der Waals surface area contributed by atoms with E-state index < -0.39 is 0 Å². The number of likely N-dealkylation sites (N-methyl/N-ethyl adjacent to an activating group) is 1. The summed E-state index contributed by atoms with van der Waals surface area (Å²) in [5.41, 5.74) is 1.37. The molecule has 28 heavy (non-hydrogen) atoms. The standard InChI is InChI=1S/C21H17ClN2O3S/c1-4-11-27-19-14(7-5-10-17(19)26-3)12-18-20(25)24(2)21(28-18)23-16-9-6-8-15(22)13-16/h1,5-10,12-13H,11H2,2-3H3/b18-12-,23-21?. The van der Waals surface area contributed by atoms with Crippen molar-refractivity contribution in [2.24, 2.45) is 4.99 Å². The van der Waals surface area contributed by atoms with Crippen molar-refractivity contribution in [1.29, 1.82) is 0 Å². The van der Waals surface area contributed by atoms with Gasteiger partial charge in [0.2, 0.25) is 0 Å². The van der Waals surface area contributed by atoms with E-state index in [0.717, 1.165) is 0 Å². The quantitative estimate of drug-likeness (QED) is 0.532. The van der Waals surface area contributed by atoms with Crippen LogP contribution in [0.25, 0.3) is 6.08 Å². The number of hydrogen-bond acceptors (Lipinski definition) is 5. The van der Waals surface area contributed by atoms with Crippen LogP contribution in [0.1, 0.15) is 5.56 Å². The minimum atomic E-state index is -0.156. The maximum absolute atomic E-state index is 12.7. The Morgan fingerprint density at radius 3 is 2.82 bits per heavy atom. The molecule has 1 aliphatic rings. The molecule has 0 atom stereocenters. The predicted octanol–water partition coefficient (Wildman–Crippen LogP) is 4.59. The average molecular weight is 413 g/mol. The van der Waals surface area contributed by atoms with Crippen LogP contribution in [0.3, 0.4) is 0 Å². The lowest BCUT2D eigenvalue weighted by Gasteiger charge is -2.11. The topological polar surface area (TPSA) is 51.1 Å². The highest BCUT2D eigenvalue weighted by Crippen LogP contribution is 2.37. The first-order chi connectivity index (χ1) is 13.5. The molecule has 1 aliphatic heterocycles. The van der Waals surface area contributed by atoms with Gasteiger partial charge in [-0.25, -0.2) is 4.99 Å². The van der Waals surface area contributed by atoms with Gasteiger partial charge in [-0.15, -0.1) is 6.42 Å². The van der Waals surface area contributed by atoms with E-state index in [9.17, 15) is 4.79 Å². The number of terminal acetylenes is 1. The molecule has 1 fully saturated rings. The lowest BCUT2D eigenvalue weighted by Crippen LogP contribution is -2.23. The van der Waals surface area contributed by atoms with Crippen LogP contribution in [0, 0.1) is 12.3 Å². The Kier molecular flexibility index (Phi) is 6.30. The number of rotatable bonds is 5. The van der Waals surface area contributed by atoms with Crippen LogP contribution in [-0.4, -0.2) is 36.7 Å². The fourth-order valence-electron chi connectivity index (χ4n) is 2.52. The molecule has 0 aromatic heterocycles. The number of carbonyl (C=O) groups is 1. The van der Waals surface area contributed by atoms with Crippen LogP contribution < -0.4 is 9.47 Å². The number of amidine groups is 1. The minimum absolute atomic E-state index is 0.0962. The van der Waals surface area contributed by atoms with Crippen LogP contribution in [0.2, 0.25) is 5.02 Å². The lowest BCUT2D eigenvalue weighted by molar-refractivity contribution is -0.121. The number of carbonyl (C=O) groups excluding carboxylic acids is 1. The van der Waals surface area contributed by atoms with Crippen molar-refractivity contribution in [2.75, 3.05) is 20.8 Å². The van der Waals surface area contributed by atoms with Gasteiger partial charge in [-0.05, 0) is 42.1 Å². The van der Waals surface area contributed by atoms with Crippen LogP contribution >= 0.6 is 23.4 Å². The molecule has 1 amide bonds. The summed E-state index contributed by atoms with van der Waals surface area (Å²) < 4.78 is 11.0. The Morgan fingerprint density at radius 1 is 1.32 bits per heavy atom. The van der Waals surface area contributed by atoms with Crippen molar-refractivity contribution in [3.8, 4) is 23.8 Å². The summed E-state index contributed by atoms with van der Waals surface area (Å²) in [5, 5.41) is 1.15. The van der Waals surface area contributed by atoms with Crippen molar-refractivity contribution < 1.29 is 14.3 Å². The number of hydrogen-bond donors (Lipinski definition) is 0. The van der Waals surface area contributed by atoms with E-state index in [4.69, 9.17) is 27.5 Å². The second-order valence-electron chi connectivity index (χ2n) is 5.72. The average Bonchev–Trinajstić information content (AvgIpc) is 2.94. The van der Waals surface area contributed by atoms with E-state index in [2.05, 4.69) is 10.9 Å². The third-order valence-corrected chi connectivity index (χ3v) is 5.15. The Balaban J connectivity index is 1.95. The number of thioether (sulfide) groups is 1. The SMILES string of the molecule is C#CCOc1c(/C=C2\SC(=Nc3cccc(Cl)c3)N(C)C2=O)cccc1OC. The monoisotopic (exact) mass is 412 g/mol. The Hall–Kier alpha value is -2.88. The number of para-hydroxylation sites is 1. The summed E-state index contributed by atoms with van der Waals surface area (Å²) in [6.45, 7) is 0.0962. The van der Waals surface area contributed by atoms with Gasteiger partial charge in [-0.2, -0.15) is 0 Å². The molecule has 142 valence electrons. The molecule has 1 heterocycles. The van der Waals surface area contributed by atoms with E-state index in [-0.39, 0.29) is 12.5 Å². The first-order valence-corrected chi connectivity index (χ1v) is 9.48. The molecule has 0 unspecified atom stereocenters. The second-order valence-corrected chi connectivity index (χ2v) is 7.17. The molecular weight excluding hydrogens is 396 g/mol. The van der Waals surface area contributed by atoms with E-state index in [1.165, 1.54) is 16.7 Å². The molecule has 0 radical (unpaired) electrons. The lowest BCUT2D eigenvalue weighted by atomic mass is 10.1. The van der Waals surface area contributed by atoms with E-state index in [1.54, 1.807) is 38.4 Å². The molecule has 3 rings (SSSR count). The number of methoxy groups -OCH3 is 1. The highest BCUT2D eigenvalue weighted by Gasteiger charge is 2.30. The summed E-state index contributed by atoms with van der Waals surface area (Å²) in [6, 6.07) is 12.6. The van der Waals surface area contributed by atoms with Crippen molar-refractivity contribution in [1.82, 2.24) is 4.90 Å². The second kappa shape index (κ2) is 8.87. The van der Waals surface area contributed by atoms with Crippen LogP contribution in [0.5, 0.6) is 11.5 Å². The van der Waals surface area contributed by atoms with E-state index in [1.807, 2.05) is 24.3 Å². The molecule has 2 aromatic rings. The van der Waals surface area contributed by atoms with Gasteiger partial charge in [0, 0.05) is 17.6 Å². The summed E-state index contributed by atoms with van der Waals surface area (Å²) in [6.07, 6.45) is 7.05. The third kappa shape index (κ3) is 4.33. The van der Waals surface area contributed by atoms with Gasteiger partial charge in [0.05, 0.1) is 17.7 Å². The largest absolute Gasteiger partial charge is 0.493 e. The molecule has 0 saturated carbocycles. The normalized spacial score (nSPS) is 16.5. The fraction of sp³-hybridized carbons (Fsp3) is 0.143. The van der Waals surface area contributed by atoms with E-state index >= 15 is 0 Å². The molecule has 1 saturated heterocycles. The minimum Gasteiger partial charge on any atom is -0.493 e.